The number of ether oxygens (including phenoxy) is 2. The van der Waals surface area contributed by atoms with E-state index in [9.17, 15) is 9.18 Å². The topological polar surface area (TPSA) is 81.8 Å². The van der Waals surface area contributed by atoms with Gasteiger partial charge < -0.3 is 20.3 Å². The van der Waals surface area contributed by atoms with E-state index in [1.165, 1.54) is 20.3 Å². The molecular weight excluding hydrogens is 309 g/mol. The van der Waals surface area contributed by atoms with Crippen molar-refractivity contribution < 1.29 is 23.8 Å². The van der Waals surface area contributed by atoms with Gasteiger partial charge in [-0.15, -0.1) is 0 Å². The number of carboxylic acid groups (broad SMARTS) is 1. The second-order valence-electron chi connectivity index (χ2n) is 3.45. The van der Waals surface area contributed by atoms with E-state index < -0.39 is 17.7 Å². The van der Waals surface area contributed by atoms with Crippen LogP contribution in [0.1, 0.15) is 11.5 Å². The normalized spacial score (nSPS) is 12.1. The molecule has 0 aromatic heterocycles. The summed E-state index contributed by atoms with van der Waals surface area (Å²) >= 11 is 3.00. The summed E-state index contributed by atoms with van der Waals surface area (Å²) in [6, 6.07) is 1.34. The van der Waals surface area contributed by atoms with Crippen molar-refractivity contribution in [1.82, 2.24) is 0 Å². The van der Waals surface area contributed by atoms with Gasteiger partial charge >= 0.3 is 5.97 Å². The summed E-state index contributed by atoms with van der Waals surface area (Å²) in [7, 11) is 2.58. The molecular formula is C11H13BrFNO4. The van der Waals surface area contributed by atoms with Gasteiger partial charge in [-0.1, -0.05) is 0 Å². The number of halogens is 2. The summed E-state index contributed by atoms with van der Waals surface area (Å²) in [5.41, 5.74) is 5.68. The Morgan fingerprint density at radius 1 is 1.50 bits per heavy atom. The van der Waals surface area contributed by atoms with E-state index in [1.807, 2.05) is 0 Å². The third kappa shape index (κ3) is 2.56. The van der Waals surface area contributed by atoms with Crippen molar-refractivity contribution in [2.75, 3.05) is 20.8 Å². The summed E-state index contributed by atoms with van der Waals surface area (Å²) in [4.78, 5) is 11.1. The molecule has 1 atom stereocenters. The van der Waals surface area contributed by atoms with Crippen LogP contribution in [0.4, 0.5) is 4.39 Å². The first kappa shape index (κ1) is 14.7. The number of hydrogen-bond donors (Lipinski definition) is 2. The summed E-state index contributed by atoms with van der Waals surface area (Å²) in [6.07, 6.45) is 0. The van der Waals surface area contributed by atoms with E-state index in [1.54, 1.807) is 0 Å². The fourth-order valence-electron chi connectivity index (χ4n) is 1.62. The molecule has 0 saturated heterocycles. The Morgan fingerprint density at radius 2 is 2.06 bits per heavy atom. The fourth-order valence-corrected chi connectivity index (χ4v) is 2.04. The van der Waals surface area contributed by atoms with E-state index in [0.29, 0.717) is 0 Å². The largest absolute Gasteiger partial charge is 0.492 e. The maximum Gasteiger partial charge on any atom is 0.312 e. The lowest BCUT2D eigenvalue weighted by Gasteiger charge is -2.18. The van der Waals surface area contributed by atoms with E-state index in [-0.39, 0.29) is 28.1 Å². The van der Waals surface area contributed by atoms with Crippen LogP contribution < -0.4 is 15.2 Å². The zero-order valence-corrected chi connectivity index (χ0v) is 11.5. The van der Waals surface area contributed by atoms with Gasteiger partial charge in [0.2, 0.25) is 0 Å². The Hall–Kier alpha value is -1.34. The van der Waals surface area contributed by atoms with Crippen LogP contribution >= 0.6 is 15.9 Å². The SMILES string of the molecule is COc1c(C(CN)C(=O)O)cc(Br)c(F)c1OC. The van der Waals surface area contributed by atoms with Crippen LogP contribution in [0.3, 0.4) is 0 Å². The predicted molar refractivity (Wildman–Crippen MR) is 66.6 cm³/mol. The van der Waals surface area contributed by atoms with E-state index in [0.717, 1.165) is 0 Å². The molecule has 100 valence electrons. The van der Waals surface area contributed by atoms with Crippen molar-refractivity contribution in [3.63, 3.8) is 0 Å². The van der Waals surface area contributed by atoms with Crippen LogP contribution in [0.15, 0.2) is 10.5 Å². The van der Waals surface area contributed by atoms with Crippen LogP contribution in [0.25, 0.3) is 0 Å². The highest BCUT2D eigenvalue weighted by Crippen LogP contribution is 2.41. The Bertz CT molecular complexity index is 467. The minimum Gasteiger partial charge on any atom is -0.492 e. The Morgan fingerprint density at radius 3 is 2.44 bits per heavy atom. The number of methoxy groups -OCH3 is 2. The molecule has 5 nitrogen and oxygen atoms in total. The summed E-state index contributed by atoms with van der Waals surface area (Å²) in [5, 5.41) is 9.09. The number of hydrogen-bond acceptors (Lipinski definition) is 4. The average molecular weight is 322 g/mol. The number of rotatable bonds is 5. The van der Waals surface area contributed by atoms with Gasteiger partial charge in [-0.25, -0.2) is 4.39 Å². The minimum atomic E-state index is -1.11. The molecule has 1 unspecified atom stereocenters. The van der Waals surface area contributed by atoms with Crippen molar-refractivity contribution in [1.29, 1.82) is 0 Å². The lowest BCUT2D eigenvalue weighted by molar-refractivity contribution is -0.138. The van der Waals surface area contributed by atoms with Gasteiger partial charge in [-0.05, 0) is 22.0 Å². The molecule has 0 aliphatic heterocycles. The maximum absolute atomic E-state index is 13.8. The molecule has 0 aliphatic carbocycles. The van der Waals surface area contributed by atoms with Crippen molar-refractivity contribution >= 4 is 21.9 Å². The molecule has 0 saturated carbocycles. The zero-order chi connectivity index (χ0) is 13.9. The monoisotopic (exact) mass is 321 g/mol. The van der Waals surface area contributed by atoms with Gasteiger partial charge in [-0.3, -0.25) is 4.79 Å². The molecule has 0 bridgehead atoms. The molecule has 1 aromatic carbocycles. The van der Waals surface area contributed by atoms with Crippen molar-refractivity contribution in [2.24, 2.45) is 5.73 Å². The molecule has 0 spiro atoms. The van der Waals surface area contributed by atoms with Gasteiger partial charge in [0.25, 0.3) is 0 Å². The summed E-state index contributed by atoms with van der Waals surface area (Å²) in [6.45, 7) is -0.132. The fraction of sp³-hybridized carbons (Fsp3) is 0.364. The van der Waals surface area contributed by atoms with Crippen molar-refractivity contribution in [3.05, 3.63) is 21.9 Å². The summed E-state index contributed by atoms with van der Waals surface area (Å²) < 4.78 is 23.8. The standard InChI is InChI=1S/C11H13BrFNO4/c1-17-9-5(6(4-14)11(15)16)3-7(12)8(13)10(9)18-2/h3,6H,4,14H2,1-2H3,(H,15,16). The number of carbonyl (C=O) groups is 1. The Kier molecular flexibility index (Phi) is 4.92. The zero-order valence-electron chi connectivity index (χ0n) is 9.87. The lowest BCUT2D eigenvalue weighted by atomic mass is 9.97. The Balaban J connectivity index is 3.52. The van der Waals surface area contributed by atoms with Gasteiger partial charge in [0.05, 0.1) is 24.6 Å². The van der Waals surface area contributed by atoms with Gasteiger partial charge in [-0.2, -0.15) is 0 Å². The third-order valence-corrected chi connectivity index (χ3v) is 3.05. The van der Waals surface area contributed by atoms with Gasteiger partial charge in [0.1, 0.15) is 0 Å². The number of carboxylic acids is 1. The van der Waals surface area contributed by atoms with E-state index in [4.69, 9.17) is 20.3 Å². The first-order chi connectivity index (χ1) is 8.47. The van der Waals surface area contributed by atoms with Crippen LogP contribution in [0.5, 0.6) is 11.5 Å². The predicted octanol–water partition coefficient (Wildman–Crippen LogP) is 1.73. The maximum atomic E-state index is 13.8. The van der Waals surface area contributed by atoms with E-state index >= 15 is 0 Å². The van der Waals surface area contributed by atoms with Crippen LogP contribution in [0, 0.1) is 5.82 Å². The average Bonchev–Trinajstić information content (AvgIpc) is 2.33. The Labute approximate surface area is 112 Å². The second-order valence-corrected chi connectivity index (χ2v) is 4.31. The molecule has 7 heteroatoms. The highest BCUT2D eigenvalue weighted by molar-refractivity contribution is 9.10. The molecule has 18 heavy (non-hydrogen) atoms. The van der Waals surface area contributed by atoms with E-state index in [2.05, 4.69) is 15.9 Å². The minimum absolute atomic E-state index is 0.0380. The second kappa shape index (κ2) is 6.01. The quantitative estimate of drug-likeness (QED) is 0.863. The van der Waals surface area contributed by atoms with Crippen LogP contribution in [0.2, 0.25) is 0 Å². The highest BCUT2D eigenvalue weighted by Gasteiger charge is 2.27. The van der Waals surface area contributed by atoms with Crippen LogP contribution in [-0.2, 0) is 4.79 Å². The van der Waals surface area contributed by atoms with Crippen molar-refractivity contribution in [2.45, 2.75) is 5.92 Å². The first-order valence-electron chi connectivity index (χ1n) is 5.00. The molecule has 0 fully saturated rings. The smallest absolute Gasteiger partial charge is 0.312 e. The number of nitrogens with two attached hydrogens (primary N) is 1. The number of benzene rings is 1. The third-order valence-electron chi connectivity index (χ3n) is 2.48. The molecule has 0 aliphatic rings. The highest BCUT2D eigenvalue weighted by atomic mass is 79.9. The summed E-state index contributed by atoms with van der Waals surface area (Å²) in [5.74, 6) is -2.88. The molecule has 1 aromatic rings. The van der Waals surface area contributed by atoms with Crippen LogP contribution in [-0.4, -0.2) is 31.8 Å². The number of aliphatic carboxylic acids is 1. The van der Waals surface area contributed by atoms with Crippen molar-refractivity contribution in [3.8, 4) is 11.5 Å². The molecule has 1 rings (SSSR count). The molecule has 0 radical (unpaired) electrons. The first-order valence-corrected chi connectivity index (χ1v) is 5.79. The van der Waals surface area contributed by atoms with Gasteiger partial charge in [0.15, 0.2) is 17.3 Å². The lowest BCUT2D eigenvalue weighted by Crippen LogP contribution is -2.22. The molecule has 3 N–H and O–H groups in total. The van der Waals surface area contributed by atoms with Gasteiger partial charge in [0, 0.05) is 12.1 Å². The molecule has 0 amide bonds. The molecule has 0 heterocycles.